The largest absolute Gasteiger partial charge is 0.480 e. The number of ether oxygens (including phenoxy) is 2. The molecule has 2 amide bonds. The van der Waals surface area contributed by atoms with Crippen LogP contribution >= 0.6 is 11.3 Å². The fraction of sp³-hybridized carbons (Fsp3) is 0.250. The molecule has 0 radical (unpaired) electrons. The van der Waals surface area contributed by atoms with E-state index >= 15 is 0 Å². The van der Waals surface area contributed by atoms with Crippen molar-refractivity contribution in [3.63, 3.8) is 0 Å². The van der Waals surface area contributed by atoms with Gasteiger partial charge in [0.25, 0.3) is 5.91 Å². The predicted octanol–water partition coefficient (Wildman–Crippen LogP) is 5.28. The first-order valence-electron chi connectivity index (χ1n) is 13.6. The average molecular weight is 586 g/mol. The number of carbonyl (C=O) groups is 3. The van der Waals surface area contributed by atoms with E-state index in [0.29, 0.717) is 10.7 Å². The summed E-state index contributed by atoms with van der Waals surface area (Å²) < 4.78 is 11.3. The summed E-state index contributed by atoms with van der Waals surface area (Å²) in [7, 11) is 0. The second kappa shape index (κ2) is 13.0. The molecule has 216 valence electrons. The van der Waals surface area contributed by atoms with Gasteiger partial charge in [0.05, 0.1) is 24.9 Å². The lowest BCUT2D eigenvalue weighted by atomic mass is 9.98. The number of aromatic nitrogens is 1. The van der Waals surface area contributed by atoms with Crippen molar-refractivity contribution in [3.8, 4) is 11.1 Å². The average Bonchev–Trinajstić information content (AvgIpc) is 3.54. The first-order valence-corrected chi connectivity index (χ1v) is 14.4. The van der Waals surface area contributed by atoms with Gasteiger partial charge in [0.2, 0.25) is 0 Å². The number of nitrogens with one attached hydrogen (secondary N) is 2. The van der Waals surface area contributed by atoms with Crippen molar-refractivity contribution >= 4 is 29.3 Å². The molecule has 2 atom stereocenters. The molecule has 0 aliphatic heterocycles. The third-order valence-electron chi connectivity index (χ3n) is 7.15. The van der Waals surface area contributed by atoms with E-state index in [4.69, 9.17) is 9.47 Å². The Hall–Kier alpha value is -4.54. The Kier molecular flexibility index (Phi) is 8.94. The zero-order valence-corrected chi connectivity index (χ0v) is 24.0. The van der Waals surface area contributed by atoms with Crippen molar-refractivity contribution in [1.29, 1.82) is 0 Å². The zero-order valence-electron chi connectivity index (χ0n) is 23.2. The van der Waals surface area contributed by atoms with Crippen LogP contribution in [0.5, 0.6) is 0 Å². The summed E-state index contributed by atoms with van der Waals surface area (Å²) in [5.41, 5.74) is 5.87. The maximum atomic E-state index is 13.0. The number of carbonyl (C=O) groups excluding carboxylic acids is 2. The maximum Gasteiger partial charge on any atom is 0.407 e. The Balaban J connectivity index is 1.14. The zero-order chi connectivity index (χ0) is 29.6. The van der Waals surface area contributed by atoms with Crippen LogP contribution in [-0.2, 0) is 27.4 Å². The molecule has 0 saturated heterocycles. The van der Waals surface area contributed by atoms with Crippen LogP contribution < -0.4 is 10.6 Å². The quantitative estimate of drug-likeness (QED) is 0.219. The number of aryl methyl sites for hydroxylation is 1. The summed E-state index contributed by atoms with van der Waals surface area (Å²) in [4.78, 5) is 42.1. The minimum absolute atomic E-state index is 0.0539. The normalized spacial score (nSPS) is 13.5. The molecule has 1 heterocycles. The fourth-order valence-corrected chi connectivity index (χ4v) is 5.93. The standard InChI is InChI=1S/C32H31N3O6S/c1-19-29(30(36)35-28(31(37)38)20(2)40-17-21-10-4-3-5-11-21)42-27(34-19)16-33-32(39)41-18-26-24-14-8-6-12-22(24)23-13-7-9-15-25(23)26/h3-15,20,26,28H,16-18H2,1-2H3,(H,33,39)(H,35,36)(H,37,38). The van der Waals surface area contributed by atoms with E-state index in [0.717, 1.165) is 39.2 Å². The lowest BCUT2D eigenvalue weighted by Crippen LogP contribution is -2.48. The summed E-state index contributed by atoms with van der Waals surface area (Å²) in [5, 5.41) is 15.5. The monoisotopic (exact) mass is 585 g/mol. The van der Waals surface area contributed by atoms with Crippen molar-refractivity contribution in [2.24, 2.45) is 0 Å². The highest BCUT2D eigenvalue weighted by atomic mass is 32.1. The SMILES string of the molecule is Cc1nc(CNC(=O)OCC2c3ccccc3-c3ccccc32)sc1C(=O)NC(C(=O)O)C(C)OCc1ccccc1. The first kappa shape index (κ1) is 29.0. The number of nitrogens with zero attached hydrogens (tertiary/aromatic N) is 1. The molecular weight excluding hydrogens is 554 g/mol. The van der Waals surface area contributed by atoms with E-state index in [-0.39, 0.29) is 30.6 Å². The van der Waals surface area contributed by atoms with Crippen molar-refractivity contribution in [2.75, 3.05) is 6.61 Å². The highest BCUT2D eigenvalue weighted by Gasteiger charge is 2.30. The van der Waals surface area contributed by atoms with Gasteiger partial charge < -0.3 is 25.2 Å². The van der Waals surface area contributed by atoms with Crippen LogP contribution in [-0.4, -0.2) is 46.8 Å². The van der Waals surface area contributed by atoms with Gasteiger partial charge in [-0.1, -0.05) is 78.9 Å². The number of hydrogen-bond acceptors (Lipinski definition) is 7. The first-order chi connectivity index (χ1) is 20.3. The number of carboxylic acids is 1. The lowest BCUT2D eigenvalue weighted by molar-refractivity contribution is -0.143. The molecule has 0 saturated carbocycles. The number of hydrogen-bond donors (Lipinski definition) is 3. The molecule has 1 aliphatic carbocycles. The molecule has 10 heteroatoms. The molecular formula is C32H31N3O6S. The third-order valence-corrected chi connectivity index (χ3v) is 8.31. The summed E-state index contributed by atoms with van der Waals surface area (Å²) >= 11 is 1.08. The topological polar surface area (TPSA) is 127 Å². The van der Waals surface area contributed by atoms with Crippen LogP contribution in [0.15, 0.2) is 78.9 Å². The van der Waals surface area contributed by atoms with E-state index in [1.807, 2.05) is 54.6 Å². The highest BCUT2D eigenvalue weighted by Crippen LogP contribution is 2.44. The number of thiazole rings is 1. The Morgan fingerprint density at radius 2 is 1.57 bits per heavy atom. The molecule has 0 bridgehead atoms. The van der Waals surface area contributed by atoms with E-state index in [1.54, 1.807) is 13.8 Å². The van der Waals surface area contributed by atoms with Crippen molar-refractivity contribution in [2.45, 2.75) is 45.1 Å². The molecule has 0 spiro atoms. The van der Waals surface area contributed by atoms with Crippen LogP contribution in [0.25, 0.3) is 11.1 Å². The van der Waals surface area contributed by atoms with Gasteiger partial charge in [0, 0.05) is 5.92 Å². The van der Waals surface area contributed by atoms with Gasteiger partial charge in [-0.25, -0.2) is 14.6 Å². The van der Waals surface area contributed by atoms with E-state index < -0.39 is 30.1 Å². The van der Waals surface area contributed by atoms with Crippen LogP contribution in [0, 0.1) is 6.92 Å². The Morgan fingerprint density at radius 1 is 0.952 bits per heavy atom. The van der Waals surface area contributed by atoms with Gasteiger partial charge in [-0.2, -0.15) is 0 Å². The van der Waals surface area contributed by atoms with Crippen LogP contribution in [0.1, 0.15) is 49.9 Å². The summed E-state index contributed by atoms with van der Waals surface area (Å²) in [5.74, 6) is -1.83. The Bertz CT molecular complexity index is 1540. The number of fused-ring (bicyclic) bond motifs is 3. The van der Waals surface area contributed by atoms with Gasteiger partial charge in [0.15, 0.2) is 6.04 Å². The van der Waals surface area contributed by atoms with E-state index in [1.165, 1.54) is 0 Å². The maximum absolute atomic E-state index is 13.0. The van der Waals surface area contributed by atoms with E-state index in [9.17, 15) is 19.5 Å². The van der Waals surface area contributed by atoms with E-state index in [2.05, 4.69) is 39.9 Å². The molecule has 9 nitrogen and oxygen atoms in total. The predicted molar refractivity (Wildman–Crippen MR) is 158 cm³/mol. The molecule has 0 fully saturated rings. The molecule has 4 aromatic rings. The smallest absolute Gasteiger partial charge is 0.407 e. The lowest BCUT2D eigenvalue weighted by Gasteiger charge is -2.21. The van der Waals surface area contributed by atoms with Crippen LogP contribution in [0.3, 0.4) is 0 Å². The molecule has 42 heavy (non-hydrogen) atoms. The Morgan fingerprint density at radius 3 is 2.21 bits per heavy atom. The summed E-state index contributed by atoms with van der Waals surface area (Å²) in [6, 6.07) is 24.3. The highest BCUT2D eigenvalue weighted by molar-refractivity contribution is 7.13. The molecule has 3 aromatic carbocycles. The van der Waals surface area contributed by atoms with Crippen LogP contribution in [0.2, 0.25) is 0 Å². The summed E-state index contributed by atoms with van der Waals surface area (Å²) in [6.45, 7) is 3.73. The van der Waals surface area contributed by atoms with Gasteiger partial charge >= 0.3 is 12.1 Å². The second-order valence-corrected chi connectivity index (χ2v) is 11.1. The molecule has 5 rings (SSSR count). The third kappa shape index (κ3) is 6.50. The molecule has 3 N–H and O–H groups in total. The number of amides is 2. The van der Waals surface area contributed by atoms with Gasteiger partial charge in [-0.15, -0.1) is 11.3 Å². The number of aliphatic carboxylic acids is 1. The molecule has 1 aromatic heterocycles. The minimum atomic E-state index is -1.26. The van der Waals surface area contributed by atoms with Gasteiger partial charge in [-0.3, -0.25) is 4.79 Å². The number of rotatable bonds is 11. The fourth-order valence-electron chi connectivity index (χ4n) is 5.02. The number of carboxylic acid groups (broad SMARTS) is 1. The van der Waals surface area contributed by atoms with Crippen molar-refractivity contribution in [3.05, 3.63) is 111 Å². The second-order valence-electron chi connectivity index (χ2n) is 9.99. The Labute approximate surface area is 247 Å². The minimum Gasteiger partial charge on any atom is -0.480 e. The van der Waals surface area contributed by atoms with Crippen molar-refractivity contribution < 1.29 is 29.0 Å². The number of alkyl carbamates (subject to hydrolysis) is 1. The molecule has 2 unspecified atom stereocenters. The van der Waals surface area contributed by atoms with Crippen molar-refractivity contribution in [1.82, 2.24) is 15.6 Å². The van der Waals surface area contributed by atoms with Gasteiger partial charge in [-0.05, 0) is 41.7 Å². The number of benzene rings is 3. The van der Waals surface area contributed by atoms with Crippen LogP contribution in [0.4, 0.5) is 4.79 Å². The summed E-state index contributed by atoms with van der Waals surface area (Å²) in [6.07, 6.45) is -1.37. The van der Waals surface area contributed by atoms with Gasteiger partial charge in [0.1, 0.15) is 16.5 Å². The molecule has 1 aliphatic rings.